The van der Waals surface area contributed by atoms with E-state index in [1.807, 2.05) is 36.5 Å². The van der Waals surface area contributed by atoms with Crippen LogP contribution in [0.3, 0.4) is 0 Å². The molecule has 1 aromatic heterocycles. The highest BCUT2D eigenvalue weighted by molar-refractivity contribution is 6.31. The van der Waals surface area contributed by atoms with Crippen LogP contribution in [-0.4, -0.2) is 15.7 Å². The van der Waals surface area contributed by atoms with Gasteiger partial charge >= 0.3 is 0 Å². The minimum Gasteiger partial charge on any atom is -0.324 e. The molecule has 0 saturated carbocycles. The van der Waals surface area contributed by atoms with Crippen LogP contribution in [0, 0.1) is 0 Å². The zero-order valence-corrected chi connectivity index (χ0v) is 11.6. The summed E-state index contributed by atoms with van der Waals surface area (Å²) in [5, 5.41) is 8.88. The Kier molecular flexibility index (Phi) is 3.16. The van der Waals surface area contributed by atoms with Crippen LogP contribution >= 0.6 is 11.6 Å². The number of nitrogens with one attached hydrogen (secondary N) is 1. The lowest BCUT2D eigenvalue weighted by atomic mass is 10.2. The minimum absolute atomic E-state index is 0.148. The fraction of sp³-hybridized carbons (Fsp3) is 0.0667. The van der Waals surface area contributed by atoms with Gasteiger partial charge < -0.3 is 5.32 Å². The van der Waals surface area contributed by atoms with Crippen molar-refractivity contribution in [1.29, 1.82) is 0 Å². The molecule has 0 aliphatic carbocycles. The number of rotatable bonds is 2. The van der Waals surface area contributed by atoms with E-state index in [4.69, 9.17) is 11.6 Å². The van der Waals surface area contributed by atoms with Gasteiger partial charge in [0.2, 0.25) is 5.91 Å². The van der Waals surface area contributed by atoms with Crippen LogP contribution in [0.5, 0.6) is 0 Å². The van der Waals surface area contributed by atoms with Crippen molar-refractivity contribution in [1.82, 2.24) is 9.78 Å². The monoisotopic (exact) mass is 285 g/mol. The van der Waals surface area contributed by atoms with Gasteiger partial charge in [-0.1, -0.05) is 29.8 Å². The van der Waals surface area contributed by atoms with Crippen LogP contribution in [0.15, 0.2) is 48.7 Å². The largest absolute Gasteiger partial charge is 0.324 e. The summed E-state index contributed by atoms with van der Waals surface area (Å²) in [7, 11) is 0. The summed E-state index contributed by atoms with van der Waals surface area (Å²) in [5.74, 6) is -0.148. The predicted molar refractivity (Wildman–Crippen MR) is 80.4 cm³/mol. The van der Waals surface area contributed by atoms with Crippen molar-refractivity contribution in [2.24, 2.45) is 0 Å². The lowest BCUT2D eigenvalue weighted by molar-refractivity contribution is -0.114. The number of hydrogen-bond acceptors (Lipinski definition) is 2. The Morgan fingerprint density at radius 2 is 2.05 bits per heavy atom. The fourth-order valence-corrected chi connectivity index (χ4v) is 2.26. The molecule has 4 nitrogen and oxygen atoms in total. The first-order valence-electron chi connectivity index (χ1n) is 6.15. The van der Waals surface area contributed by atoms with Crippen LogP contribution in [0.2, 0.25) is 5.02 Å². The van der Waals surface area contributed by atoms with Crippen LogP contribution in [0.4, 0.5) is 5.69 Å². The van der Waals surface area contributed by atoms with Crippen molar-refractivity contribution in [3.05, 3.63) is 53.7 Å². The molecule has 5 heteroatoms. The Bertz CT molecular complexity index is 762. The number of hydrogen-bond donors (Lipinski definition) is 1. The minimum atomic E-state index is -0.148. The highest BCUT2D eigenvalue weighted by atomic mass is 35.5. The van der Waals surface area contributed by atoms with E-state index >= 15 is 0 Å². The summed E-state index contributed by atoms with van der Waals surface area (Å²) >= 11 is 5.99. The third kappa shape index (κ3) is 2.38. The Labute approximate surface area is 121 Å². The first kappa shape index (κ1) is 12.7. The van der Waals surface area contributed by atoms with Crippen molar-refractivity contribution < 1.29 is 4.79 Å². The quantitative estimate of drug-likeness (QED) is 0.781. The summed E-state index contributed by atoms with van der Waals surface area (Å²) in [6, 6.07) is 13.2. The Morgan fingerprint density at radius 1 is 1.25 bits per heavy atom. The van der Waals surface area contributed by atoms with E-state index in [0.717, 1.165) is 16.6 Å². The molecule has 2 aromatic carbocycles. The second-order valence-electron chi connectivity index (χ2n) is 4.48. The molecular weight excluding hydrogens is 274 g/mol. The van der Waals surface area contributed by atoms with Gasteiger partial charge in [0.15, 0.2) is 0 Å². The average molecular weight is 286 g/mol. The third-order valence-electron chi connectivity index (χ3n) is 2.93. The Balaban J connectivity index is 2.15. The summed E-state index contributed by atoms with van der Waals surface area (Å²) in [4.78, 5) is 11.3. The molecule has 0 saturated heterocycles. The molecule has 0 aliphatic rings. The number of benzene rings is 2. The van der Waals surface area contributed by atoms with E-state index < -0.39 is 0 Å². The maximum absolute atomic E-state index is 11.3. The molecule has 0 spiro atoms. The molecule has 0 aliphatic heterocycles. The fourth-order valence-electron chi connectivity index (χ4n) is 2.09. The summed E-state index contributed by atoms with van der Waals surface area (Å²) < 4.78 is 1.74. The predicted octanol–water partition coefficient (Wildman–Crippen LogP) is 3.64. The maximum atomic E-state index is 11.3. The number of fused-ring (bicyclic) bond motifs is 1. The molecule has 100 valence electrons. The van der Waals surface area contributed by atoms with Crippen LogP contribution in [-0.2, 0) is 4.79 Å². The molecule has 0 unspecified atom stereocenters. The van der Waals surface area contributed by atoms with Gasteiger partial charge in [0, 0.05) is 23.5 Å². The van der Waals surface area contributed by atoms with Gasteiger partial charge in [0.05, 0.1) is 16.9 Å². The number of carbonyl (C=O) groups excluding carboxylic acids is 1. The summed E-state index contributed by atoms with van der Waals surface area (Å²) in [5.41, 5.74) is 2.31. The zero-order chi connectivity index (χ0) is 14.1. The second kappa shape index (κ2) is 4.98. The topological polar surface area (TPSA) is 46.9 Å². The van der Waals surface area contributed by atoms with Crippen molar-refractivity contribution >= 4 is 34.1 Å². The zero-order valence-electron chi connectivity index (χ0n) is 10.8. The maximum Gasteiger partial charge on any atom is 0.221 e. The summed E-state index contributed by atoms with van der Waals surface area (Å²) in [6.07, 6.45) is 1.92. The molecule has 1 heterocycles. The molecule has 3 rings (SSSR count). The van der Waals surface area contributed by atoms with Gasteiger partial charge in [0.1, 0.15) is 0 Å². The standard InChI is InChI=1S/C15H12ClN3O/c1-10(20)17-14-8-12(16)6-7-15(14)19-9-11-4-2-3-5-13(11)18-19/h2-9H,1H3,(H,17,20). The van der Waals surface area contributed by atoms with Crippen molar-refractivity contribution in [2.75, 3.05) is 5.32 Å². The lowest BCUT2D eigenvalue weighted by Gasteiger charge is -2.10. The van der Waals surface area contributed by atoms with E-state index in [0.29, 0.717) is 10.7 Å². The van der Waals surface area contributed by atoms with E-state index in [-0.39, 0.29) is 5.91 Å². The first-order valence-corrected chi connectivity index (χ1v) is 6.53. The Morgan fingerprint density at radius 3 is 2.80 bits per heavy atom. The van der Waals surface area contributed by atoms with Crippen molar-refractivity contribution in [3.8, 4) is 5.69 Å². The molecule has 1 amide bonds. The van der Waals surface area contributed by atoms with E-state index in [9.17, 15) is 4.79 Å². The molecule has 0 fully saturated rings. The molecular formula is C15H12ClN3O. The highest BCUT2D eigenvalue weighted by Crippen LogP contribution is 2.25. The molecule has 0 bridgehead atoms. The molecule has 1 N–H and O–H groups in total. The van der Waals surface area contributed by atoms with Gasteiger partial charge in [-0.05, 0) is 24.3 Å². The average Bonchev–Trinajstić information content (AvgIpc) is 2.81. The van der Waals surface area contributed by atoms with Crippen LogP contribution in [0.1, 0.15) is 6.92 Å². The van der Waals surface area contributed by atoms with Crippen molar-refractivity contribution in [2.45, 2.75) is 6.92 Å². The Hall–Kier alpha value is -2.33. The van der Waals surface area contributed by atoms with Crippen molar-refractivity contribution in [3.63, 3.8) is 0 Å². The molecule has 20 heavy (non-hydrogen) atoms. The number of nitrogens with zero attached hydrogens (tertiary/aromatic N) is 2. The summed E-state index contributed by atoms with van der Waals surface area (Å²) in [6.45, 7) is 1.46. The van der Waals surface area contributed by atoms with Crippen LogP contribution < -0.4 is 5.32 Å². The lowest BCUT2D eigenvalue weighted by Crippen LogP contribution is -2.09. The first-order chi connectivity index (χ1) is 9.63. The SMILES string of the molecule is CC(=O)Nc1cc(Cl)ccc1-n1cc2ccccc2n1. The number of carbonyl (C=O) groups is 1. The van der Waals surface area contributed by atoms with E-state index in [1.54, 1.807) is 16.8 Å². The van der Waals surface area contributed by atoms with Crippen LogP contribution in [0.25, 0.3) is 16.6 Å². The molecule has 3 aromatic rings. The van der Waals surface area contributed by atoms with E-state index in [1.165, 1.54) is 6.92 Å². The molecule has 0 atom stereocenters. The van der Waals surface area contributed by atoms with Gasteiger partial charge in [-0.25, -0.2) is 4.68 Å². The van der Waals surface area contributed by atoms with E-state index in [2.05, 4.69) is 10.4 Å². The molecule has 0 radical (unpaired) electrons. The van der Waals surface area contributed by atoms with Gasteiger partial charge in [-0.15, -0.1) is 0 Å². The van der Waals surface area contributed by atoms with Gasteiger partial charge in [-0.3, -0.25) is 4.79 Å². The second-order valence-corrected chi connectivity index (χ2v) is 4.91. The number of amides is 1. The smallest absolute Gasteiger partial charge is 0.221 e. The highest BCUT2D eigenvalue weighted by Gasteiger charge is 2.09. The number of halogens is 1. The number of aromatic nitrogens is 2. The van der Waals surface area contributed by atoms with Gasteiger partial charge in [-0.2, -0.15) is 5.10 Å². The van der Waals surface area contributed by atoms with Gasteiger partial charge in [0.25, 0.3) is 0 Å². The third-order valence-corrected chi connectivity index (χ3v) is 3.16. The number of anilines is 1. The normalized spacial score (nSPS) is 10.7.